The molecule has 1 fully saturated rings. The van der Waals surface area contributed by atoms with Crippen molar-refractivity contribution in [3.8, 4) is 0 Å². The summed E-state index contributed by atoms with van der Waals surface area (Å²) in [5.41, 5.74) is 0. The van der Waals surface area contributed by atoms with Crippen molar-refractivity contribution in [1.29, 1.82) is 0 Å². The number of esters is 1. The second-order valence-electron chi connectivity index (χ2n) is 6.49. The molecule has 9 heteroatoms. The van der Waals surface area contributed by atoms with Gasteiger partial charge in [-0.3, -0.25) is 10.1 Å². The zero-order chi connectivity index (χ0) is 18.7. The molecular formula is C16H29NO7P+. The van der Waals surface area contributed by atoms with Gasteiger partial charge in [0.2, 0.25) is 6.79 Å². The predicted octanol–water partition coefficient (Wildman–Crippen LogP) is 2.65. The van der Waals surface area contributed by atoms with Crippen LogP contribution in [-0.4, -0.2) is 41.2 Å². The quantitative estimate of drug-likeness (QED) is 0.303. The number of aliphatic hydroxyl groups excluding tert-OH is 1. The molecule has 1 aliphatic rings. The van der Waals surface area contributed by atoms with Crippen LogP contribution >= 0.6 is 8.03 Å². The maximum Gasteiger partial charge on any atom is 0.505 e. The number of rotatable bonds is 10. The molecule has 0 aromatic rings. The van der Waals surface area contributed by atoms with Crippen molar-refractivity contribution in [1.82, 2.24) is 5.32 Å². The van der Waals surface area contributed by atoms with Gasteiger partial charge in [-0.2, -0.15) is 4.89 Å². The van der Waals surface area contributed by atoms with E-state index in [2.05, 4.69) is 14.8 Å². The molecule has 1 rings (SSSR count). The number of amides is 1. The fourth-order valence-corrected chi connectivity index (χ4v) is 3.89. The van der Waals surface area contributed by atoms with Crippen LogP contribution in [0.15, 0.2) is 0 Å². The summed E-state index contributed by atoms with van der Waals surface area (Å²) >= 11 is 0. The van der Waals surface area contributed by atoms with Crippen LogP contribution in [0.4, 0.5) is 4.79 Å². The van der Waals surface area contributed by atoms with Crippen molar-refractivity contribution in [3.63, 3.8) is 0 Å². The Kier molecular flexibility index (Phi) is 10.6. The van der Waals surface area contributed by atoms with Crippen molar-refractivity contribution in [3.05, 3.63) is 0 Å². The van der Waals surface area contributed by atoms with Crippen LogP contribution < -0.4 is 5.32 Å². The van der Waals surface area contributed by atoms with Gasteiger partial charge in [0.25, 0.3) is 0 Å². The predicted molar refractivity (Wildman–Crippen MR) is 90.9 cm³/mol. The first-order valence-corrected chi connectivity index (χ1v) is 10.2. The highest BCUT2D eigenvalue weighted by atomic mass is 31.1. The largest absolute Gasteiger partial charge is 0.505 e. The van der Waals surface area contributed by atoms with E-state index >= 15 is 0 Å². The van der Waals surface area contributed by atoms with Crippen LogP contribution in [0.3, 0.4) is 0 Å². The second kappa shape index (κ2) is 12.2. The molecule has 0 spiro atoms. The summed E-state index contributed by atoms with van der Waals surface area (Å²) in [6.45, 7) is 1.37. The van der Waals surface area contributed by atoms with Crippen molar-refractivity contribution in [2.75, 3.05) is 13.0 Å². The summed E-state index contributed by atoms with van der Waals surface area (Å²) in [5, 5.41) is 12.1. The third kappa shape index (κ3) is 10.4. The zero-order valence-electron chi connectivity index (χ0n) is 14.7. The fourth-order valence-electron chi connectivity index (χ4n) is 3.12. The third-order valence-electron chi connectivity index (χ3n) is 4.30. The molecular weight excluding hydrogens is 349 g/mol. The Bertz CT molecular complexity index is 446. The van der Waals surface area contributed by atoms with Gasteiger partial charge >= 0.3 is 20.1 Å². The van der Waals surface area contributed by atoms with Crippen LogP contribution in [0.25, 0.3) is 0 Å². The van der Waals surface area contributed by atoms with Gasteiger partial charge in [-0.05, 0) is 42.6 Å². The molecule has 0 aliphatic heterocycles. The molecule has 8 nitrogen and oxygen atoms in total. The van der Waals surface area contributed by atoms with Crippen LogP contribution in [-0.2, 0) is 18.8 Å². The lowest BCUT2D eigenvalue weighted by molar-refractivity contribution is -0.151. The zero-order valence-corrected chi connectivity index (χ0v) is 15.6. The second-order valence-corrected chi connectivity index (χ2v) is 7.56. The molecule has 1 aliphatic carbocycles. The van der Waals surface area contributed by atoms with Gasteiger partial charge in [0.05, 0.1) is 0 Å². The van der Waals surface area contributed by atoms with E-state index in [1.807, 2.05) is 6.92 Å². The van der Waals surface area contributed by atoms with Gasteiger partial charge < -0.3 is 14.6 Å². The number of alkyl carbamates (subject to hydrolysis) is 1. The van der Waals surface area contributed by atoms with Crippen molar-refractivity contribution >= 4 is 20.1 Å². The first kappa shape index (κ1) is 21.8. The summed E-state index contributed by atoms with van der Waals surface area (Å²) in [6, 6.07) is 0. The van der Waals surface area contributed by atoms with Crippen molar-refractivity contribution in [2.45, 2.75) is 64.5 Å². The molecule has 0 radical (unpaired) electrons. The molecule has 3 N–H and O–H groups in total. The van der Waals surface area contributed by atoms with Crippen LogP contribution in [0.2, 0.25) is 0 Å². The molecule has 0 bridgehead atoms. The molecule has 4 unspecified atom stereocenters. The lowest BCUT2D eigenvalue weighted by Gasteiger charge is -2.27. The molecule has 4 atom stereocenters. The van der Waals surface area contributed by atoms with E-state index in [9.17, 15) is 19.3 Å². The van der Waals surface area contributed by atoms with Crippen molar-refractivity contribution in [2.24, 2.45) is 11.8 Å². The molecule has 1 amide bonds. The minimum Gasteiger partial charge on any atom is -0.428 e. The molecule has 144 valence electrons. The topological polar surface area (TPSA) is 122 Å². The summed E-state index contributed by atoms with van der Waals surface area (Å²) < 4.78 is 20.3. The van der Waals surface area contributed by atoms with E-state index in [-0.39, 0.29) is 12.3 Å². The molecule has 25 heavy (non-hydrogen) atoms. The Morgan fingerprint density at radius 1 is 1.28 bits per heavy atom. The summed E-state index contributed by atoms with van der Waals surface area (Å²) in [4.78, 5) is 31.6. The Morgan fingerprint density at radius 2 is 2.00 bits per heavy atom. The minimum absolute atomic E-state index is 0.264. The molecule has 0 aromatic heterocycles. The molecule has 0 aromatic carbocycles. The third-order valence-corrected chi connectivity index (χ3v) is 5.13. The summed E-state index contributed by atoms with van der Waals surface area (Å²) in [5.74, 6) is 0.212. The van der Waals surface area contributed by atoms with Gasteiger partial charge in [-0.15, -0.1) is 0 Å². The van der Waals surface area contributed by atoms with E-state index in [0.717, 1.165) is 32.1 Å². The van der Waals surface area contributed by atoms with E-state index in [4.69, 9.17) is 4.89 Å². The summed E-state index contributed by atoms with van der Waals surface area (Å²) in [6.07, 6.45) is 4.41. The number of nitrogens with one attached hydrogen (secondary N) is 1. The lowest BCUT2D eigenvalue weighted by atomic mass is 9.80. The van der Waals surface area contributed by atoms with Gasteiger partial charge in [0, 0.05) is 12.3 Å². The number of carbonyl (C=O) groups is 2. The SMILES string of the molecule is CCCC(=O)OCOC(=O)NC(O)CCC1CCCC(C[P+](=O)O)C1. The average molecular weight is 378 g/mol. The van der Waals surface area contributed by atoms with Crippen molar-refractivity contribution < 1.29 is 33.6 Å². The molecule has 0 saturated heterocycles. The van der Waals surface area contributed by atoms with E-state index in [1.165, 1.54) is 0 Å². The van der Waals surface area contributed by atoms with E-state index in [1.54, 1.807) is 0 Å². The van der Waals surface area contributed by atoms with Gasteiger partial charge in [-0.1, -0.05) is 19.8 Å². The fraction of sp³-hybridized carbons (Fsp3) is 0.875. The maximum absolute atomic E-state index is 11.5. The van der Waals surface area contributed by atoms with Gasteiger partial charge in [0.1, 0.15) is 6.23 Å². The number of aliphatic hydroxyl groups is 1. The Hall–Kier alpha value is -1.24. The number of ether oxygens (including phenoxy) is 2. The number of carbonyl (C=O) groups excluding carboxylic acids is 2. The average Bonchev–Trinajstić information content (AvgIpc) is 2.53. The lowest BCUT2D eigenvalue weighted by Crippen LogP contribution is -2.36. The van der Waals surface area contributed by atoms with Crippen LogP contribution in [0.1, 0.15) is 58.3 Å². The number of hydrogen-bond acceptors (Lipinski definition) is 6. The maximum atomic E-state index is 11.5. The van der Waals surface area contributed by atoms with E-state index < -0.39 is 33.1 Å². The highest BCUT2D eigenvalue weighted by Gasteiger charge is 2.28. The minimum atomic E-state index is -2.10. The molecule has 1 saturated carbocycles. The standard InChI is InChI=1S/C16H28NO7P/c1-2-4-15(19)23-11-24-16(20)17-14(18)8-7-12-5-3-6-13(9-12)10-25(21)22/h12-14,18H,2-11H2,1H3,(H-,17,20,21,22)/p+1. The van der Waals surface area contributed by atoms with E-state index in [0.29, 0.717) is 24.9 Å². The Labute approximate surface area is 149 Å². The number of hydrogen-bond donors (Lipinski definition) is 3. The normalized spacial score (nSPS) is 22.0. The monoisotopic (exact) mass is 378 g/mol. The highest BCUT2D eigenvalue weighted by Crippen LogP contribution is 2.35. The molecule has 0 heterocycles. The van der Waals surface area contributed by atoms with Crippen LogP contribution in [0.5, 0.6) is 0 Å². The highest BCUT2D eigenvalue weighted by molar-refractivity contribution is 7.38. The smallest absolute Gasteiger partial charge is 0.428 e. The Morgan fingerprint density at radius 3 is 2.68 bits per heavy atom. The van der Waals surface area contributed by atoms with Gasteiger partial charge in [-0.25, -0.2) is 4.79 Å². The Balaban J connectivity index is 2.16. The first-order valence-electron chi connectivity index (χ1n) is 8.81. The van der Waals surface area contributed by atoms with Gasteiger partial charge in [0.15, 0.2) is 6.16 Å². The summed E-state index contributed by atoms with van der Waals surface area (Å²) in [7, 11) is -2.10. The first-order chi connectivity index (χ1) is 11.9. The van der Waals surface area contributed by atoms with Crippen LogP contribution in [0, 0.1) is 11.8 Å².